The molecule has 12 heavy (non-hydrogen) atoms. The highest BCUT2D eigenvalue weighted by Gasteiger charge is 2.21. The third-order valence-electron chi connectivity index (χ3n) is 1.98. The Morgan fingerprint density at radius 3 is 3.17 bits per heavy atom. The van der Waals surface area contributed by atoms with Crippen LogP contribution >= 0.6 is 0 Å². The summed E-state index contributed by atoms with van der Waals surface area (Å²) in [5.74, 6) is 0.994. The molecule has 1 unspecified atom stereocenters. The van der Waals surface area contributed by atoms with E-state index in [0.29, 0.717) is 6.61 Å². The van der Waals surface area contributed by atoms with Gasteiger partial charge < -0.3 is 9.94 Å². The molecule has 1 aliphatic heterocycles. The highest BCUT2D eigenvalue weighted by Crippen LogP contribution is 2.31. The van der Waals surface area contributed by atoms with Crippen LogP contribution in [0.25, 0.3) is 0 Å². The fraction of sp³-hybridized carbons (Fsp3) is 0.222. The van der Waals surface area contributed by atoms with Crippen LogP contribution in [-0.2, 0) is 0 Å². The van der Waals surface area contributed by atoms with Gasteiger partial charge >= 0.3 is 0 Å². The fourth-order valence-electron chi connectivity index (χ4n) is 1.39. The fourth-order valence-corrected chi connectivity index (χ4v) is 1.39. The maximum absolute atomic E-state index is 8.37. The predicted octanol–water partition coefficient (Wildman–Crippen LogP) is 1.62. The third kappa shape index (κ3) is 1.03. The lowest BCUT2D eigenvalue weighted by Gasteiger charge is -1.97. The van der Waals surface area contributed by atoms with Crippen molar-refractivity contribution in [3.63, 3.8) is 0 Å². The molecule has 0 spiro atoms. The summed E-state index contributed by atoms with van der Waals surface area (Å²) in [6.07, 6.45) is 1.49. The summed E-state index contributed by atoms with van der Waals surface area (Å²) in [4.78, 5) is 0. The van der Waals surface area contributed by atoms with Crippen molar-refractivity contribution in [1.29, 1.82) is 0 Å². The minimum Gasteiger partial charge on any atom is -0.492 e. The van der Waals surface area contributed by atoms with E-state index in [1.807, 2.05) is 24.3 Å². The zero-order chi connectivity index (χ0) is 8.39. The van der Waals surface area contributed by atoms with Crippen LogP contribution in [0.15, 0.2) is 29.4 Å². The van der Waals surface area contributed by atoms with Gasteiger partial charge in [0.25, 0.3) is 0 Å². The monoisotopic (exact) mass is 163 g/mol. The van der Waals surface area contributed by atoms with Gasteiger partial charge in [-0.3, -0.25) is 0 Å². The van der Waals surface area contributed by atoms with E-state index in [2.05, 4.69) is 5.16 Å². The third-order valence-corrected chi connectivity index (χ3v) is 1.98. The van der Waals surface area contributed by atoms with Crippen molar-refractivity contribution in [1.82, 2.24) is 0 Å². The molecule has 0 fully saturated rings. The Kier molecular flexibility index (Phi) is 1.70. The van der Waals surface area contributed by atoms with Gasteiger partial charge in [0, 0.05) is 5.56 Å². The van der Waals surface area contributed by atoms with Crippen LogP contribution in [-0.4, -0.2) is 18.0 Å². The largest absolute Gasteiger partial charge is 0.492 e. The summed E-state index contributed by atoms with van der Waals surface area (Å²) in [5.41, 5.74) is 1.09. The maximum Gasteiger partial charge on any atom is 0.123 e. The van der Waals surface area contributed by atoms with Crippen LogP contribution in [0.1, 0.15) is 11.5 Å². The molecule has 1 N–H and O–H groups in total. The predicted molar refractivity (Wildman–Crippen MR) is 45.0 cm³/mol. The van der Waals surface area contributed by atoms with Crippen LogP contribution in [0.3, 0.4) is 0 Å². The zero-order valence-corrected chi connectivity index (χ0v) is 6.47. The molecule has 1 atom stereocenters. The summed E-state index contributed by atoms with van der Waals surface area (Å²) >= 11 is 0. The van der Waals surface area contributed by atoms with Gasteiger partial charge in [0.05, 0.1) is 12.1 Å². The Bertz CT molecular complexity index is 309. The van der Waals surface area contributed by atoms with Crippen LogP contribution < -0.4 is 4.74 Å². The molecule has 0 saturated heterocycles. The summed E-state index contributed by atoms with van der Waals surface area (Å²) in [5, 5.41) is 11.4. The number of benzene rings is 1. The Labute approximate surface area is 70.3 Å². The number of fused-ring (bicyclic) bond motifs is 1. The summed E-state index contributed by atoms with van der Waals surface area (Å²) in [6, 6.07) is 7.78. The standard InChI is InChI=1S/C9H9NO2/c11-10-5-7-6-12-9-4-2-1-3-8(7)9/h1-5,7,11H,6H2/b10-5+. The number of hydrogen-bond acceptors (Lipinski definition) is 3. The second-order valence-corrected chi connectivity index (χ2v) is 2.72. The molecule has 0 aliphatic carbocycles. The van der Waals surface area contributed by atoms with E-state index in [4.69, 9.17) is 9.94 Å². The molecule has 62 valence electrons. The maximum atomic E-state index is 8.37. The molecule has 0 aromatic heterocycles. The number of para-hydroxylation sites is 1. The molecular weight excluding hydrogens is 154 g/mol. The number of oxime groups is 1. The molecule has 3 nitrogen and oxygen atoms in total. The van der Waals surface area contributed by atoms with Crippen LogP contribution in [0.4, 0.5) is 0 Å². The Morgan fingerprint density at radius 2 is 2.33 bits per heavy atom. The van der Waals surface area contributed by atoms with Gasteiger partial charge in [-0.2, -0.15) is 0 Å². The van der Waals surface area contributed by atoms with Gasteiger partial charge in [-0.05, 0) is 6.07 Å². The second kappa shape index (κ2) is 2.85. The van der Waals surface area contributed by atoms with Gasteiger partial charge in [0.15, 0.2) is 0 Å². The summed E-state index contributed by atoms with van der Waals surface area (Å²) < 4.78 is 5.36. The Balaban J connectivity index is 2.36. The lowest BCUT2D eigenvalue weighted by Crippen LogP contribution is -2.01. The first-order valence-electron chi connectivity index (χ1n) is 3.81. The average Bonchev–Trinajstić information content (AvgIpc) is 2.50. The van der Waals surface area contributed by atoms with Crippen molar-refractivity contribution in [2.24, 2.45) is 5.16 Å². The van der Waals surface area contributed by atoms with Gasteiger partial charge in [-0.15, -0.1) is 5.16 Å². The van der Waals surface area contributed by atoms with Crippen molar-refractivity contribution in [2.45, 2.75) is 5.92 Å². The first-order valence-corrected chi connectivity index (χ1v) is 3.81. The van der Waals surface area contributed by atoms with E-state index in [1.165, 1.54) is 6.21 Å². The molecule has 1 aliphatic rings. The van der Waals surface area contributed by atoms with E-state index in [1.54, 1.807) is 0 Å². The average molecular weight is 163 g/mol. The zero-order valence-electron chi connectivity index (χ0n) is 6.47. The summed E-state index contributed by atoms with van der Waals surface area (Å²) in [6.45, 7) is 0.573. The van der Waals surface area contributed by atoms with Gasteiger partial charge in [0.2, 0.25) is 0 Å². The molecule has 2 rings (SSSR count). The van der Waals surface area contributed by atoms with E-state index in [-0.39, 0.29) is 5.92 Å². The quantitative estimate of drug-likeness (QED) is 0.388. The molecule has 1 aromatic carbocycles. The van der Waals surface area contributed by atoms with E-state index in [0.717, 1.165) is 11.3 Å². The molecule has 0 radical (unpaired) electrons. The first kappa shape index (κ1) is 7.16. The van der Waals surface area contributed by atoms with Crippen molar-refractivity contribution < 1.29 is 9.94 Å². The van der Waals surface area contributed by atoms with E-state index < -0.39 is 0 Å². The van der Waals surface area contributed by atoms with Crippen molar-refractivity contribution in [3.05, 3.63) is 29.8 Å². The Hall–Kier alpha value is -1.51. The lowest BCUT2D eigenvalue weighted by atomic mass is 10.0. The highest BCUT2D eigenvalue weighted by molar-refractivity contribution is 5.70. The lowest BCUT2D eigenvalue weighted by molar-refractivity contribution is 0.314. The molecule has 1 heterocycles. The molecule has 0 saturated carbocycles. The summed E-state index contributed by atoms with van der Waals surface area (Å²) in [7, 11) is 0. The molecule has 1 aromatic rings. The Morgan fingerprint density at radius 1 is 1.50 bits per heavy atom. The molecule has 0 amide bonds. The van der Waals surface area contributed by atoms with Crippen molar-refractivity contribution in [2.75, 3.05) is 6.61 Å². The number of rotatable bonds is 1. The molecular formula is C9H9NO2. The first-order chi connectivity index (χ1) is 5.92. The second-order valence-electron chi connectivity index (χ2n) is 2.72. The molecule has 3 heteroatoms. The van der Waals surface area contributed by atoms with Crippen molar-refractivity contribution >= 4 is 6.21 Å². The van der Waals surface area contributed by atoms with Crippen LogP contribution in [0.2, 0.25) is 0 Å². The minimum absolute atomic E-state index is 0.103. The van der Waals surface area contributed by atoms with Gasteiger partial charge in [-0.25, -0.2) is 0 Å². The number of hydrogen-bond donors (Lipinski definition) is 1. The van der Waals surface area contributed by atoms with E-state index >= 15 is 0 Å². The smallest absolute Gasteiger partial charge is 0.123 e. The van der Waals surface area contributed by atoms with Crippen molar-refractivity contribution in [3.8, 4) is 5.75 Å². The highest BCUT2D eigenvalue weighted by atomic mass is 16.5. The number of nitrogens with zero attached hydrogens (tertiary/aromatic N) is 1. The SMILES string of the molecule is O/N=C/C1COc2ccccc21. The molecule has 0 bridgehead atoms. The van der Waals surface area contributed by atoms with Gasteiger partial charge in [0.1, 0.15) is 12.4 Å². The van der Waals surface area contributed by atoms with E-state index in [9.17, 15) is 0 Å². The van der Waals surface area contributed by atoms with Crippen LogP contribution in [0, 0.1) is 0 Å². The van der Waals surface area contributed by atoms with Gasteiger partial charge in [-0.1, -0.05) is 18.2 Å². The minimum atomic E-state index is 0.103. The van der Waals surface area contributed by atoms with Crippen LogP contribution in [0.5, 0.6) is 5.75 Å². The number of ether oxygens (including phenoxy) is 1. The normalized spacial score (nSPS) is 20.8. The topological polar surface area (TPSA) is 41.8 Å².